The monoisotopic (exact) mass is 456 g/mol. The Hall–Kier alpha value is -2.71. The smallest absolute Gasteiger partial charge is 0.277 e. The molecule has 0 spiro atoms. The lowest BCUT2D eigenvalue weighted by Gasteiger charge is -2.36. The number of amides is 3. The fourth-order valence-corrected chi connectivity index (χ4v) is 4.38. The van der Waals surface area contributed by atoms with Gasteiger partial charge in [0.1, 0.15) is 5.70 Å². The van der Waals surface area contributed by atoms with Crippen molar-refractivity contribution in [2.75, 3.05) is 45.7 Å². The minimum absolute atomic E-state index is 0.108. The van der Waals surface area contributed by atoms with Crippen molar-refractivity contribution in [3.63, 3.8) is 0 Å². The van der Waals surface area contributed by atoms with E-state index >= 15 is 0 Å². The van der Waals surface area contributed by atoms with Gasteiger partial charge in [0.05, 0.1) is 11.7 Å². The third kappa shape index (κ3) is 6.00. The van der Waals surface area contributed by atoms with E-state index in [1.165, 1.54) is 11.8 Å². The zero-order valence-electron chi connectivity index (χ0n) is 20.4. The molecule has 3 amide bonds. The molecule has 3 rings (SSSR count). The number of imide groups is 1. The number of benzene rings is 1. The van der Waals surface area contributed by atoms with Gasteiger partial charge in [-0.3, -0.25) is 19.3 Å². The van der Waals surface area contributed by atoms with Gasteiger partial charge in [-0.15, -0.1) is 0 Å². The molecule has 0 radical (unpaired) electrons. The normalized spacial score (nSPS) is 17.9. The number of nitrogens with one attached hydrogen (secondary N) is 1. The van der Waals surface area contributed by atoms with Crippen molar-refractivity contribution in [1.82, 2.24) is 14.7 Å². The third-order valence-corrected chi connectivity index (χ3v) is 6.20. The van der Waals surface area contributed by atoms with Crippen LogP contribution < -0.4 is 5.32 Å². The van der Waals surface area contributed by atoms with Gasteiger partial charge >= 0.3 is 0 Å². The minimum Gasteiger partial charge on any atom is -0.379 e. The highest BCUT2D eigenvalue weighted by molar-refractivity contribution is 6.35. The van der Waals surface area contributed by atoms with Gasteiger partial charge in [-0.1, -0.05) is 12.1 Å². The number of nitrogens with zero attached hydrogens (tertiary/aromatic N) is 3. The third-order valence-electron chi connectivity index (χ3n) is 6.20. The predicted molar refractivity (Wildman–Crippen MR) is 128 cm³/mol. The van der Waals surface area contributed by atoms with Crippen LogP contribution in [0, 0.1) is 0 Å². The number of piperidine rings is 1. The number of anilines is 1. The van der Waals surface area contributed by atoms with Crippen LogP contribution in [-0.4, -0.2) is 84.9 Å². The van der Waals surface area contributed by atoms with Crippen LogP contribution >= 0.6 is 0 Å². The van der Waals surface area contributed by atoms with Crippen molar-refractivity contribution in [3.8, 4) is 0 Å². The van der Waals surface area contributed by atoms with Crippen molar-refractivity contribution in [2.45, 2.75) is 52.2 Å². The average molecular weight is 457 g/mol. The summed E-state index contributed by atoms with van der Waals surface area (Å²) in [6.45, 7) is 8.11. The lowest BCUT2D eigenvalue weighted by molar-refractivity contribution is -0.138. The van der Waals surface area contributed by atoms with E-state index in [4.69, 9.17) is 4.74 Å². The van der Waals surface area contributed by atoms with Gasteiger partial charge in [0.2, 0.25) is 5.91 Å². The van der Waals surface area contributed by atoms with Crippen LogP contribution in [0.15, 0.2) is 30.0 Å². The Bertz CT molecular complexity index is 901. The predicted octanol–water partition coefficient (Wildman–Crippen LogP) is 2.57. The summed E-state index contributed by atoms with van der Waals surface area (Å²) in [6.07, 6.45) is 2.58. The fourth-order valence-electron chi connectivity index (χ4n) is 4.38. The Kier molecular flexibility index (Phi) is 8.26. The average Bonchev–Trinajstić information content (AvgIpc) is 3.01. The van der Waals surface area contributed by atoms with Crippen LogP contribution in [-0.2, 0) is 19.1 Å². The summed E-state index contributed by atoms with van der Waals surface area (Å²) in [5, 5.41) is 2.74. The molecular formula is C25H36N4O4. The maximum atomic E-state index is 13.5. The van der Waals surface area contributed by atoms with Crippen molar-refractivity contribution < 1.29 is 19.1 Å². The molecular weight excluding hydrogens is 420 g/mol. The topological polar surface area (TPSA) is 82.2 Å². The standard InChI is InChI=1S/C25H36N4O4/c1-17(2)33-16-6-13-29-24(31)22(19-7-9-20(10-8-19)26-18(3)30)23(25(29)32)28(5)21-11-14-27(4)15-12-21/h7-10,17,21H,6,11-16H2,1-5H3,(H,26,30). The van der Waals surface area contributed by atoms with E-state index in [0.717, 1.165) is 25.9 Å². The molecule has 0 saturated carbocycles. The van der Waals surface area contributed by atoms with Crippen molar-refractivity contribution in [1.29, 1.82) is 0 Å². The zero-order chi connectivity index (χ0) is 24.1. The molecule has 2 aliphatic heterocycles. The first-order valence-electron chi connectivity index (χ1n) is 11.7. The lowest BCUT2D eigenvalue weighted by Crippen LogP contribution is -2.43. The molecule has 2 aliphatic rings. The van der Waals surface area contributed by atoms with Crippen molar-refractivity contribution in [2.24, 2.45) is 0 Å². The first-order chi connectivity index (χ1) is 15.7. The minimum atomic E-state index is -0.272. The Balaban J connectivity index is 1.89. The highest BCUT2D eigenvalue weighted by Crippen LogP contribution is 2.34. The van der Waals surface area contributed by atoms with Gasteiger partial charge in [-0.25, -0.2) is 0 Å². The maximum Gasteiger partial charge on any atom is 0.277 e. The second-order valence-electron chi connectivity index (χ2n) is 9.16. The Labute approximate surface area is 196 Å². The van der Waals surface area contributed by atoms with Gasteiger partial charge in [0.15, 0.2) is 0 Å². The highest BCUT2D eigenvalue weighted by atomic mass is 16.5. The Morgan fingerprint density at radius 3 is 2.36 bits per heavy atom. The van der Waals surface area contributed by atoms with E-state index in [1.54, 1.807) is 24.3 Å². The fraction of sp³-hybridized carbons (Fsp3) is 0.560. The highest BCUT2D eigenvalue weighted by Gasteiger charge is 2.42. The van der Waals surface area contributed by atoms with Crippen molar-refractivity contribution >= 4 is 29.0 Å². The molecule has 2 heterocycles. The van der Waals surface area contributed by atoms with Crippen LogP contribution in [0.25, 0.3) is 5.57 Å². The SMILES string of the molecule is CC(=O)Nc1ccc(C2=C(N(C)C3CCN(C)CC3)C(=O)N(CCCOC(C)C)C2=O)cc1. The number of carbonyl (C=O) groups excluding carboxylic acids is 3. The van der Waals surface area contributed by atoms with Gasteiger partial charge < -0.3 is 19.9 Å². The largest absolute Gasteiger partial charge is 0.379 e. The summed E-state index contributed by atoms with van der Waals surface area (Å²) in [4.78, 5) is 43.9. The maximum absolute atomic E-state index is 13.5. The van der Waals surface area contributed by atoms with E-state index < -0.39 is 0 Å². The number of likely N-dealkylation sites (tertiary alicyclic amines) is 1. The van der Waals surface area contributed by atoms with Crippen LogP contribution in [0.5, 0.6) is 0 Å². The van der Waals surface area contributed by atoms with Crippen molar-refractivity contribution in [3.05, 3.63) is 35.5 Å². The molecule has 180 valence electrons. The number of hydrogen-bond acceptors (Lipinski definition) is 6. The molecule has 0 aliphatic carbocycles. The lowest BCUT2D eigenvalue weighted by atomic mass is 10.00. The molecule has 1 saturated heterocycles. The molecule has 1 N–H and O–H groups in total. The first kappa shape index (κ1) is 24.9. The molecule has 33 heavy (non-hydrogen) atoms. The quantitative estimate of drug-likeness (QED) is 0.454. The van der Waals surface area contributed by atoms with Crippen LogP contribution in [0.1, 0.15) is 45.6 Å². The Morgan fingerprint density at radius 2 is 1.79 bits per heavy atom. The summed E-state index contributed by atoms with van der Waals surface area (Å²) in [5.74, 6) is -0.676. The van der Waals surface area contributed by atoms with Crippen LogP contribution in [0.2, 0.25) is 0 Å². The van der Waals surface area contributed by atoms with Crippen LogP contribution in [0.3, 0.4) is 0 Å². The number of carbonyl (C=O) groups is 3. The number of hydrogen-bond donors (Lipinski definition) is 1. The van der Waals surface area contributed by atoms with Gasteiger partial charge in [-0.05, 0) is 70.9 Å². The summed E-state index contributed by atoms with van der Waals surface area (Å²) in [5.41, 5.74) is 2.22. The zero-order valence-corrected chi connectivity index (χ0v) is 20.4. The molecule has 0 aromatic heterocycles. The molecule has 8 heteroatoms. The number of ether oxygens (including phenoxy) is 1. The molecule has 0 unspecified atom stereocenters. The molecule has 0 bridgehead atoms. The second kappa shape index (κ2) is 10.9. The number of likely N-dealkylation sites (N-methyl/N-ethyl adjacent to an activating group) is 1. The summed E-state index contributed by atoms with van der Waals surface area (Å²) in [6, 6.07) is 7.30. The summed E-state index contributed by atoms with van der Waals surface area (Å²) < 4.78 is 5.60. The number of rotatable bonds is 9. The van der Waals surface area contributed by atoms with Gasteiger partial charge in [0.25, 0.3) is 11.8 Å². The molecule has 0 atom stereocenters. The second-order valence-corrected chi connectivity index (χ2v) is 9.16. The van der Waals surface area contributed by atoms with E-state index in [1.807, 2.05) is 25.8 Å². The van der Waals surface area contributed by atoms with E-state index in [-0.39, 0.29) is 29.9 Å². The first-order valence-corrected chi connectivity index (χ1v) is 11.7. The summed E-state index contributed by atoms with van der Waals surface area (Å²) >= 11 is 0. The molecule has 1 aromatic carbocycles. The Morgan fingerprint density at radius 1 is 1.15 bits per heavy atom. The molecule has 8 nitrogen and oxygen atoms in total. The van der Waals surface area contributed by atoms with Crippen LogP contribution in [0.4, 0.5) is 5.69 Å². The van der Waals surface area contributed by atoms with Gasteiger partial charge in [0, 0.05) is 38.9 Å². The van der Waals surface area contributed by atoms with Gasteiger partial charge in [-0.2, -0.15) is 0 Å². The van der Waals surface area contributed by atoms with E-state index in [0.29, 0.717) is 42.1 Å². The van der Waals surface area contributed by atoms with E-state index in [2.05, 4.69) is 17.3 Å². The van der Waals surface area contributed by atoms with E-state index in [9.17, 15) is 14.4 Å². The summed E-state index contributed by atoms with van der Waals surface area (Å²) in [7, 11) is 4.02. The molecule has 1 fully saturated rings. The molecule has 1 aromatic rings.